The van der Waals surface area contributed by atoms with Crippen molar-refractivity contribution in [2.45, 2.75) is 39.0 Å². The first-order chi connectivity index (χ1) is 8.49. The van der Waals surface area contributed by atoms with Gasteiger partial charge in [0.05, 0.1) is 9.85 Å². The van der Waals surface area contributed by atoms with E-state index >= 15 is 0 Å². The Hall–Kier alpha value is -1.12. The summed E-state index contributed by atoms with van der Waals surface area (Å²) in [5.41, 5.74) is 0. The Labute approximate surface area is 99.7 Å². The normalized spacial score (nSPS) is 28.2. The molecule has 0 aliphatic heterocycles. The third-order valence-electron chi connectivity index (χ3n) is 3.02. The van der Waals surface area contributed by atoms with Crippen molar-refractivity contribution in [3.8, 4) is 0 Å². The molecule has 1 rings (SSSR count). The second-order valence-electron chi connectivity index (χ2n) is 4.06. The van der Waals surface area contributed by atoms with Crippen LogP contribution in [0.25, 0.3) is 0 Å². The van der Waals surface area contributed by atoms with Crippen LogP contribution in [0.2, 0.25) is 0 Å². The van der Waals surface area contributed by atoms with E-state index in [9.17, 15) is 9.59 Å². The highest BCUT2D eigenvalue weighted by Crippen LogP contribution is 2.34. The van der Waals surface area contributed by atoms with Crippen molar-refractivity contribution in [3.05, 3.63) is 12.1 Å². The number of Topliss-reactive ketones (excluding diaryl/α,β-unsaturated/α-hetero) is 1. The van der Waals surface area contributed by atoms with Crippen molar-refractivity contribution in [1.82, 2.24) is 0 Å². The molecule has 16 heavy (non-hydrogen) atoms. The molecule has 1 saturated carbocycles. The number of carbonyl (C=O) groups is 2. The van der Waals surface area contributed by atoms with E-state index in [2.05, 4.69) is 4.74 Å². The Morgan fingerprint density at radius 1 is 1.62 bits per heavy atom. The molecule has 0 bridgehead atoms. The molecule has 0 amide bonds. The molecule has 2 atom stereocenters. The molecule has 0 heterocycles. The summed E-state index contributed by atoms with van der Waals surface area (Å²) in [6.45, 7) is 1.82. The summed E-state index contributed by atoms with van der Waals surface area (Å²) in [6, 6.07) is 0.485. The average molecular weight is 226 g/mol. The Kier molecular flexibility index (Phi) is 4.06. The molecule has 1 fully saturated rings. The summed E-state index contributed by atoms with van der Waals surface area (Å²) in [4.78, 5) is 23.0. The molecule has 90 valence electrons. The maximum atomic E-state index is 11.8. The lowest BCUT2D eigenvalue weighted by molar-refractivity contribution is -0.142. The van der Waals surface area contributed by atoms with Gasteiger partial charge in [-0.1, -0.05) is 19.0 Å². The van der Waals surface area contributed by atoms with E-state index in [0.29, 0.717) is 19.3 Å². The molecule has 3 nitrogen and oxygen atoms in total. The SMILES string of the molecule is [2H]/C(CC)=C(\[2H])C[C@H]1C(=O)CC[C@@H]1CC(=O)OC. The van der Waals surface area contributed by atoms with E-state index in [-0.39, 0.29) is 48.5 Å². The zero-order valence-electron chi connectivity index (χ0n) is 11.9. The molecule has 3 heteroatoms. The van der Waals surface area contributed by atoms with Crippen LogP contribution in [0.1, 0.15) is 41.8 Å². The summed E-state index contributed by atoms with van der Waals surface area (Å²) in [5, 5.41) is 0. The van der Waals surface area contributed by atoms with Gasteiger partial charge < -0.3 is 4.74 Å². The lowest BCUT2D eigenvalue weighted by Gasteiger charge is -2.15. The molecule has 0 spiro atoms. The minimum absolute atomic E-state index is 0.0324. The molecule has 0 aromatic heterocycles. The second kappa shape index (κ2) is 6.46. The number of esters is 1. The van der Waals surface area contributed by atoms with Gasteiger partial charge in [-0.3, -0.25) is 9.59 Å². The smallest absolute Gasteiger partial charge is 0.305 e. The molecule has 1 aliphatic carbocycles. The summed E-state index contributed by atoms with van der Waals surface area (Å²) in [7, 11) is 1.34. The van der Waals surface area contributed by atoms with E-state index in [4.69, 9.17) is 2.74 Å². The highest BCUT2D eigenvalue weighted by atomic mass is 16.5. The minimum Gasteiger partial charge on any atom is -0.469 e. The number of hydrogen-bond donors (Lipinski definition) is 0. The predicted octanol–water partition coefficient (Wildman–Crippen LogP) is 2.50. The number of ether oxygens (including phenoxy) is 1. The first-order valence-corrected chi connectivity index (χ1v) is 5.74. The molecule has 0 unspecified atom stereocenters. The van der Waals surface area contributed by atoms with Gasteiger partial charge in [0.25, 0.3) is 0 Å². The van der Waals surface area contributed by atoms with Crippen LogP contribution in [0.3, 0.4) is 0 Å². The van der Waals surface area contributed by atoms with Crippen molar-refractivity contribution in [1.29, 1.82) is 0 Å². The number of methoxy groups -OCH3 is 1. The van der Waals surface area contributed by atoms with E-state index in [1.165, 1.54) is 7.11 Å². The van der Waals surface area contributed by atoms with Crippen molar-refractivity contribution in [3.63, 3.8) is 0 Å². The van der Waals surface area contributed by atoms with Gasteiger partial charge in [0, 0.05) is 18.8 Å². The van der Waals surface area contributed by atoms with Crippen LogP contribution >= 0.6 is 0 Å². The molecule has 0 aromatic carbocycles. The van der Waals surface area contributed by atoms with Gasteiger partial charge in [-0.05, 0) is 25.2 Å². The van der Waals surface area contributed by atoms with Crippen LogP contribution in [0.15, 0.2) is 12.1 Å². The zero-order chi connectivity index (χ0) is 13.7. The largest absolute Gasteiger partial charge is 0.469 e. The lowest BCUT2D eigenvalue weighted by atomic mass is 9.89. The Morgan fingerprint density at radius 3 is 3.00 bits per heavy atom. The Balaban J connectivity index is 2.71. The molecule has 0 radical (unpaired) electrons. The van der Waals surface area contributed by atoms with Gasteiger partial charge in [-0.25, -0.2) is 0 Å². The maximum Gasteiger partial charge on any atom is 0.305 e. The van der Waals surface area contributed by atoms with Crippen LogP contribution in [0.4, 0.5) is 0 Å². The summed E-state index contributed by atoms with van der Waals surface area (Å²) >= 11 is 0. The molecule has 0 saturated heterocycles. The van der Waals surface area contributed by atoms with E-state index in [1.807, 2.05) is 6.92 Å². The first kappa shape index (κ1) is 10.1. The molecular weight excluding hydrogens is 204 g/mol. The van der Waals surface area contributed by atoms with Crippen LogP contribution in [0.5, 0.6) is 0 Å². The van der Waals surface area contributed by atoms with Gasteiger partial charge in [0.1, 0.15) is 5.78 Å². The summed E-state index contributed by atoms with van der Waals surface area (Å²) in [6.07, 6.45) is 2.18. The molecule has 0 N–H and O–H groups in total. The standard InChI is InChI=1S/C13H20O3/c1-3-4-5-6-11-10(7-8-12(11)14)9-13(15)16-2/h4-5,10-11H,3,6-9H2,1-2H3/b5-4-/t10-,11-/m1/s1/i4D,5D. The highest BCUT2D eigenvalue weighted by molar-refractivity contribution is 5.84. The van der Waals surface area contributed by atoms with Crippen molar-refractivity contribution in [2.75, 3.05) is 7.11 Å². The lowest BCUT2D eigenvalue weighted by Crippen LogP contribution is -2.18. The minimum atomic E-state index is -0.309. The van der Waals surface area contributed by atoms with Gasteiger partial charge in [-0.15, -0.1) is 0 Å². The summed E-state index contributed by atoms with van der Waals surface area (Å²) < 4.78 is 20.0. The summed E-state index contributed by atoms with van der Waals surface area (Å²) in [5.74, 6) is -0.521. The molecule has 1 aliphatic rings. The number of ketones is 1. The quantitative estimate of drug-likeness (QED) is 0.534. The van der Waals surface area contributed by atoms with E-state index in [0.717, 1.165) is 0 Å². The number of hydrogen-bond acceptors (Lipinski definition) is 3. The monoisotopic (exact) mass is 226 g/mol. The first-order valence-electron chi connectivity index (χ1n) is 6.74. The van der Waals surface area contributed by atoms with Crippen molar-refractivity contribution >= 4 is 11.8 Å². The van der Waals surface area contributed by atoms with E-state index in [1.54, 1.807) is 0 Å². The fourth-order valence-corrected chi connectivity index (χ4v) is 2.11. The second-order valence-corrected chi connectivity index (χ2v) is 4.06. The number of carbonyl (C=O) groups excluding carboxylic acids is 2. The number of rotatable bonds is 5. The van der Waals surface area contributed by atoms with Crippen LogP contribution in [-0.4, -0.2) is 18.9 Å². The molecular formula is C13H20O3. The fourth-order valence-electron chi connectivity index (χ4n) is 2.11. The van der Waals surface area contributed by atoms with Gasteiger partial charge in [0.15, 0.2) is 0 Å². The van der Waals surface area contributed by atoms with Crippen LogP contribution < -0.4 is 0 Å². The zero-order valence-corrected chi connectivity index (χ0v) is 9.91. The van der Waals surface area contributed by atoms with Crippen LogP contribution in [-0.2, 0) is 14.3 Å². The Morgan fingerprint density at radius 2 is 2.38 bits per heavy atom. The van der Waals surface area contributed by atoms with E-state index < -0.39 is 0 Å². The molecule has 0 aromatic rings. The average Bonchev–Trinajstić information content (AvgIpc) is 2.70. The number of allylic oxidation sites excluding steroid dienone is 2. The highest BCUT2D eigenvalue weighted by Gasteiger charge is 2.34. The van der Waals surface area contributed by atoms with Gasteiger partial charge >= 0.3 is 5.97 Å². The van der Waals surface area contributed by atoms with Gasteiger partial charge in [0.2, 0.25) is 0 Å². The Bertz CT molecular complexity index is 363. The van der Waals surface area contributed by atoms with Crippen molar-refractivity contribution < 1.29 is 17.1 Å². The third-order valence-corrected chi connectivity index (χ3v) is 3.02. The predicted molar refractivity (Wildman–Crippen MR) is 61.9 cm³/mol. The third kappa shape index (κ3) is 3.47. The maximum absolute atomic E-state index is 11.8. The van der Waals surface area contributed by atoms with Crippen molar-refractivity contribution in [2.24, 2.45) is 11.8 Å². The van der Waals surface area contributed by atoms with Crippen LogP contribution in [0, 0.1) is 11.8 Å². The topological polar surface area (TPSA) is 43.4 Å². The fraction of sp³-hybridized carbons (Fsp3) is 0.692. The van der Waals surface area contributed by atoms with Gasteiger partial charge in [-0.2, -0.15) is 0 Å².